The van der Waals surface area contributed by atoms with Crippen molar-refractivity contribution in [2.75, 3.05) is 6.61 Å². The maximum atomic E-state index is 10.3. The second-order valence-corrected chi connectivity index (χ2v) is 3.73. The lowest BCUT2D eigenvalue weighted by Gasteiger charge is -2.03. The van der Waals surface area contributed by atoms with Crippen molar-refractivity contribution in [3.63, 3.8) is 0 Å². The Morgan fingerprint density at radius 3 is 2.56 bits per heavy atom. The van der Waals surface area contributed by atoms with Crippen molar-refractivity contribution >= 4 is 29.3 Å². The molecule has 5 nitrogen and oxygen atoms in total. The number of carboxylic acid groups (broad SMARTS) is 1. The molecule has 0 spiro atoms. The van der Waals surface area contributed by atoms with Crippen LogP contribution in [0.5, 0.6) is 5.75 Å². The van der Waals surface area contributed by atoms with Gasteiger partial charge in [0, 0.05) is 0 Å². The van der Waals surface area contributed by atoms with Crippen molar-refractivity contribution in [3.8, 4) is 11.8 Å². The zero-order valence-corrected chi connectivity index (χ0v) is 10.1. The van der Waals surface area contributed by atoms with Gasteiger partial charge in [-0.25, -0.2) is 4.79 Å². The molecule has 18 heavy (non-hydrogen) atoms. The highest BCUT2D eigenvalue weighted by molar-refractivity contribution is 7.80. The van der Waals surface area contributed by atoms with E-state index in [0.29, 0.717) is 5.75 Å². The average Bonchev–Trinajstić information content (AvgIpc) is 2.34. The number of hydrogen-bond acceptors (Lipinski definition) is 4. The van der Waals surface area contributed by atoms with E-state index >= 15 is 0 Å². The van der Waals surface area contributed by atoms with Crippen LogP contribution in [0.2, 0.25) is 0 Å². The van der Waals surface area contributed by atoms with Gasteiger partial charge in [0.1, 0.15) is 16.8 Å². The predicted molar refractivity (Wildman–Crippen MR) is 69.9 cm³/mol. The standard InChI is InChI=1S/C12H10N2O3S/c13-6-9(12(14)18)5-8-1-3-10(4-2-8)17-7-11(15)16/h1-5H,7H2,(H2,14,18)(H,15,16)/b9-5-. The molecule has 0 atom stereocenters. The molecular formula is C12H10N2O3S. The summed E-state index contributed by atoms with van der Waals surface area (Å²) in [4.78, 5) is 10.3. The molecular weight excluding hydrogens is 252 g/mol. The Labute approximate surface area is 109 Å². The molecule has 3 N–H and O–H groups in total. The monoisotopic (exact) mass is 262 g/mol. The number of nitrogens with zero attached hydrogens (tertiary/aromatic N) is 1. The maximum Gasteiger partial charge on any atom is 0.341 e. The molecule has 1 rings (SSSR count). The summed E-state index contributed by atoms with van der Waals surface area (Å²) in [7, 11) is 0. The number of ether oxygens (including phenoxy) is 1. The number of thiocarbonyl (C=S) groups is 1. The Morgan fingerprint density at radius 2 is 2.11 bits per heavy atom. The van der Waals surface area contributed by atoms with Gasteiger partial charge >= 0.3 is 5.97 Å². The molecule has 92 valence electrons. The van der Waals surface area contributed by atoms with E-state index in [1.807, 2.05) is 6.07 Å². The minimum atomic E-state index is -1.04. The van der Waals surface area contributed by atoms with Crippen LogP contribution in [0.25, 0.3) is 6.08 Å². The molecule has 0 heterocycles. The van der Waals surface area contributed by atoms with Gasteiger partial charge in [-0.15, -0.1) is 0 Å². The van der Waals surface area contributed by atoms with Gasteiger partial charge in [0.15, 0.2) is 6.61 Å². The molecule has 0 aromatic heterocycles. The minimum absolute atomic E-state index is 0.0312. The third-order valence-corrected chi connectivity index (χ3v) is 2.16. The second kappa shape index (κ2) is 6.37. The Hall–Kier alpha value is -2.39. The highest BCUT2D eigenvalue weighted by Gasteiger charge is 2.01. The lowest BCUT2D eigenvalue weighted by Crippen LogP contribution is -2.10. The van der Waals surface area contributed by atoms with Crippen LogP contribution in [0.3, 0.4) is 0 Å². The van der Waals surface area contributed by atoms with E-state index in [2.05, 4.69) is 0 Å². The molecule has 0 aliphatic heterocycles. The number of carbonyl (C=O) groups is 1. The molecule has 1 aromatic rings. The van der Waals surface area contributed by atoms with E-state index in [4.69, 9.17) is 33.1 Å². The van der Waals surface area contributed by atoms with E-state index in [9.17, 15) is 4.79 Å². The van der Waals surface area contributed by atoms with Crippen molar-refractivity contribution in [1.29, 1.82) is 5.26 Å². The topological polar surface area (TPSA) is 96.3 Å². The summed E-state index contributed by atoms with van der Waals surface area (Å²) >= 11 is 4.71. The quantitative estimate of drug-likeness (QED) is 0.472. The highest BCUT2D eigenvalue weighted by Crippen LogP contribution is 2.14. The molecule has 0 aliphatic carbocycles. The van der Waals surface area contributed by atoms with Gasteiger partial charge in [0.2, 0.25) is 0 Å². The number of carboxylic acids is 1. The first-order chi connectivity index (χ1) is 8.52. The first-order valence-corrected chi connectivity index (χ1v) is 5.30. The molecule has 0 radical (unpaired) electrons. The van der Waals surface area contributed by atoms with Crippen LogP contribution in [0.15, 0.2) is 29.8 Å². The second-order valence-electron chi connectivity index (χ2n) is 3.29. The Morgan fingerprint density at radius 1 is 1.50 bits per heavy atom. The Balaban J connectivity index is 2.80. The summed E-state index contributed by atoms with van der Waals surface area (Å²) in [6, 6.07) is 8.44. The van der Waals surface area contributed by atoms with Crippen LogP contribution in [-0.2, 0) is 4.79 Å². The zero-order valence-electron chi connectivity index (χ0n) is 9.29. The van der Waals surface area contributed by atoms with E-state index in [1.54, 1.807) is 30.3 Å². The number of aliphatic carboxylic acids is 1. The van der Waals surface area contributed by atoms with Gasteiger partial charge in [0.05, 0.1) is 5.57 Å². The van der Waals surface area contributed by atoms with Crippen molar-refractivity contribution in [1.82, 2.24) is 0 Å². The van der Waals surface area contributed by atoms with Crippen LogP contribution in [-0.4, -0.2) is 22.7 Å². The zero-order chi connectivity index (χ0) is 13.5. The molecule has 1 aromatic carbocycles. The third kappa shape index (κ3) is 4.23. The van der Waals surface area contributed by atoms with Crippen molar-refractivity contribution in [3.05, 3.63) is 35.4 Å². The van der Waals surface area contributed by atoms with Crippen LogP contribution >= 0.6 is 12.2 Å². The van der Waals surface area contributed by atoms with Crippen molar-refractivity contribution in [2.45, 2.75) is 0 Å². The number of benzene rings is 1. The number of hydrogen-bond donors (Lipinski definition) is 2. The fraction of sp³-hybridized carbons (Fsp3) is 0.0833. The molecule has 6 heteroatoms. The fourth-order valence-corrected chi connectivity index (χ4v) is 1.24. The van der Waals surface area contributed by atoms with Gasteiger partial charge < -0.3 is 15.6 Å². The summed E-state index contributed by atoms with van der Waals surface area (Å²) in [5, 5.41) is 17.2. The molecule has 0 saturated carbocycles. The number of nitriles is 1. The van der Waals surface area contributed by atoms with Crippen LogP contribution < -0.4 is 10.5 Å². The molecule has 0 bridgehead atoms. The summed E-state index contributed by atoms with van der Waals surface area (Å²) in [6.07, 6.45) is 1.54. The largest absolute Gasteiger partial charge is 0.482 e. The van der Waals surface area contributed by atoms with Gasteiger partial charge in [0.25, 0.3) is 0 Å². The molecule has 0 aliphatic rings. The number of rotatable bonds is 5. The first kappa shape index (κ1) is 13.7. The SMILES string of the molecule is N#C/C(=C/c1ccc(OCC(=O)O)cc1)C(N)=S. The van der Waals surface area contributed by atoms with E-state index in [-0.39, 0.29) is 10.6 Å². The smallest absolute Gasteiger partial charge is 0.341 e. The first-order valence-electron chi connectivity index (χ1n) is 4.89. The van der Waals surface area contributed by atoms with Gasteiger partial charge in [-0.3, -0.25) is 0 Å². The Bertz CT molecular complexity index is 529. The predicted octanol–water partition coefficient (Wildman–Crippen LogP) is 1.34. The maximum absolute atomic E-state index is 10.3. The summed E-state index contributed by atoms with van der Waals surface area (Å²) in [6.45, 7) is -0.397. The van der Waals surface area contributed by atoms with Gasteiger partial charge in [-0.05, 0) is 23.8 Å². The summed E-state index contributed by atoms with van der Waals surface area (Å²) in [5.41, 5.74) is 6.29. The fourth-order valence-electron chi connectivity index (χ4n) is 1.13. The lowest BCUT2D eigenvalue weighted by atomic mass is 10.1. The van der Waals surface area contributed by atoms with Crippen LogP contribution in [0.4, 0.5) is 0 Å². The van der Waals surface area contributed by atoms with Gasteiger partial charge in [-0.2, -0.15) is 5.26 Å². The van der Waals surface area contributed by atoms with Crippen LogP contribution in [0.1, 0.15) is 5.56 Å². The van der Waals surface area contributed by atoms with Crippen molar-refractivity contribution in [2.24, 2.45) is 5.73 Å². The molecule has 0 fully saturated rings. The summed E-state index contributed by atoms with van der Waals surface area (Å²) < 4.78 is 4.97. The minimum Gasteiger partial charge on any atom is -0.482 e. The van der Waals surface area contributed by atoms with Gasteiger partial charge in [-0.1, -0.05) is 24.4 Å². The summed E-state index contributed by atoms with van der Waals surface area (Å²) in [5.74, 6) is -0.609. The third-order valence-electron chi connectivity index (χ3n) is 1.94. The average molecular weight is 262 g/mol. The number of nitrogens with two attached hydrogens (primary N) is 1. The van der Waals surface area contributed by atoms with E-state index < -0.39 is 12.6 Å². The molecule has 0 unspecified atom stereocenters. The van der Waals surface area contributed by atoms with E-state index in [0.717, 1.165) is 5.56 Å². The lowest BCUT2D eigenvalue weighted by molar-refractivity contribution is -0.139. The highest BCUT2D eigenvalue weighted by atomic mass is 32.1. The molecule has 0 amide bonds. The molecule has 0 saturated heterocycles. The van der Waals surface area contributed by atoms with Crippen molar-refractivity contribution < 1.29 is 14.6 Å². The van der Waals surface area contributed by atoms with E-state index in [1.165, 1.54) is 0 Å². The Kier molecular flexibility index (Phi) is 4.84. The normalized spacial score (nSPS) is 10.5. The van der Waals surface area contributed by atoms with Crippen LogP contribution in [0, 0.1) is 11.3 Å².